The van der Waals surface area contributed by atoms with Crippen molar-refractivity contribution in [1.29, 1.82) is 0 Å². The summed E-state index contributed by atoms with van der Waals surface area (Å²) in [5, 5.41) is 4.74. The third kappa shape index (κ3) is 9.76. The molecule has 1 atom stereocenters. The van der Waals surface area contributed by atoms with E-state index in [0.29, 0.717) is 19.5 Å². The lowest BCUT2D eigenvalue weighted by molar-refractivity contribution is -0.174. The summed E-state index contributed by atoms with van der Waals surface area (Å²) in [6.07, 6.45) is 2.80. The minimum absolute atomic E-state index is 0.376. The third-order valence-electron chi connectivity index (χ3n) is 2.86. The molecule has 1 aliphatic rings. The molecule has 0 aromatic heterocycles. The van der Waals surface area contributed by atoms with Gasteiger partial charge in [0.15, 0.2) is 0 Å². The number of hydrogen-bond acceptors (Lipinski definition) is 2. The largest absolute Gasteiger partial charge is 0.471 e. The number of alkyl halides is 3. The van der Waals surface area contributed by atoms with Crippen molar-refractivity contribution >= 4 is 5.91 Å². The van der Waals surface area contributed by atoms with E-state index in [1.807, 2.05) is 5.32 Å². The summed E-state index contributed by atoms with van der Waals surface area (Å²) >= 11 is 0. The molecule has 19 heavy (non-hydrogen) atoms. The van der Waals surface area contributed by atoms with Crippen LogP contribution in [0.5, 0.6) is 0 Å². The molecule has 0 bridgehead atoms. The molecule has 1 aliphatic heterocycles. The molecule has 1 saturated heterocycles. The second-order valence-corrected chi connectivity index (χ2v) is 4.72. The fourth-order valence-electron chi connectivity index (χ4n) is 1.72. The number of halogens is 3. The Hall–Kier alpha value is -0.780. The Kier molecular flexibility index (Phi) is 9.65. The van der Waals surface area contributed by atoms with E-state index in [-0.39, 0.29) is 6.04 Å². The Morgan fingerprint density at radius 3 is 2.16 bits per heavy atom. The lowest BCUT2D eigenvalue weighted by atomic mass is 10.2. The average molecular weight is 282 g/mol. The van der Waals surface area contributed by atoms with Gasteiger partial charge in [0.05, 0.1) is 0 Å². The summed E-state index contributed by atoms with van der Waals surface area (Å²) < 4.78 is 35.0. The number of rotatable bonds is 5. The molecule has 6 heteroatoms. The summed E-state index contributed by atoms with van der Waals surface area (Å²) in [4.78, 5) is 10.4. The van der Waals surface area contributed by atoms with Crippen LogP contribution in [0.4, 0.5) is 13.2 Å². The fraction of sp³-hybridized carbons (Fsp3) is 0.923. The summed E-state index contributed by atoms with van der Waals surface area (Å²) in [6, 6.07) is -0.376. The standard InChI is InChI=1S/C7H16.C6H9F3N2O/c1-3-5-7-6-4-2;7-6(8,9)5(12)11-4-1-2-10-3-4/h3-7H2,1-2H3;4,10H,1-3H2,(H,11,12). The van der Waals surface area contributed by atoms with Crippen LogP contribution in [0.15, 0.2) is 0 Å². The molecule has 0 saturated carbocycles. The Morgan fingerprint density at radius 2 is 1.79 bits per heavy atom. The molecule has 1 heterocycles. The number of nitrogens with one attached hydrogen (secondary N) is 2. The third-order valence-corrected chi connectivity index (χ3v) is 2.86. The SMILES string of the molecule is CCCCCCC.O=C(NC1CCNC1)C(F)(F)F. The van der Waals surface area contributed by atoms with Crippen LogP contribution in [0.1, 0.15) is 52.4 Å². The Bertz CT molecular complexity index is 235. The Morgan fingerprint density at radius 1 is 1.21 bits per heavy atom. The minimum atomic E-state index is -4.76. The molecule has 0 aliphatic carbocycles. The van der Waals surface area contributed by atoms with Crippen molar-refractivity contribution in [2.45, 2.75) is 64.6 Å². The number of unbranched alkanes of at least 4 members (excludes halogenated alkanes) is 4. The first kappa shape index (κ1) is 18.2. The van der Waals surface area contributed by atoms with Gasteiger partial charge in [-0.1, -0.05) is 46.0 Å². The highest BCUT2D eigenvalue weighted by Crippen LogP contribution is 2.15. The van der Waals surface area contributed by atoms with Crippen molar-refractivity contribution in [2.75, 3.05) is 13.1 Å². The van der Waals surface area contributed by atoms with Crippen molar-refractivity contribution in [3.8, 4) is 0 Å². The van der Waals surface area contributed by atoms with E-state index in [9.17, 15) is 18.0 Å². The van der Waals surface area contributed by atoms with Crippen LogP contribution in [-0.2, 0) is 4.79 Å². The van der Waals surface area contributed by atoms with Gasteiger partial charge in [0.2, 0.25) is 0 Å². The van der Waals surface area contributed by atoms with E-state index in [1.165, 1.54) is 32.1 Å². The number of carbonyl (C=O) groups excluding carboxylic acids is 1. The van der Waals surface area contributed by atoms with Gasteiger partial charge in [0.1, 0.15) is 0 Å². The molecular formula is C13H25F3N2O. The van der Waals surface area contributed by atoms with Crippen molar-refractivity contribution < 1.29 is 18.0 Å². The second-order valence-electron chi connectivity index (χ2n) is 4.72. The van der Waals surface area contributed by atoms with E-state index in [0.717, 1.165) is 0 Å². The zero-order chi connectivity index (χ0) is 14.7. The molecule has 0 radical (unpaired) electrons. The molecule has 0 spiro atoms. The van der Waals surface area contributed by atoms with Gasteiger partial charge < -0.3 is 10.6 Å². The summed E-state index contributed by atoms with van der Waals surface area (Å²) in [5.41, 5.74) is 0. The van der Waals surface area contributed by atoms with Gasteiger partial charge in [-0.15, -0.1) is 0 Å². The molecule has 0 aromatic rings. The van der Waals surface area contributed by atoms with Crippen molar-refractivity contribution in [3.05, 3.63) is 0 Å². The smallest absolute Gasteiger partial charge is 0.344 e. The highest BCUT2D eigenvalue weighted by Gasteiger charge is 2.39. The highest BCUT2D eigenvalue weighted by molar-refractivity contribution is 5.81. The van der Waals surface area contributed by atoms with Gasteiger partial charge in [-0.3, -0.25) is 4.79 Å². The average Bonchev–Trinajstić information content (AvgIpc) is 2.82. The minimum Gasteiger partial charge on any atom is -0.344 e. The van der Waals surface area contributed by atoms with E-state index in [1.54, 1.807) is 0 Å². The van der Waals surface area contributed by atoms with Crippen molar-refractivity contribution in [3.63, 3.8) is 0 Å². The molecule has 114 valence electrons. The van der Waals surface area contributed by atoms with Crippen LogP contribution < -0.4 is 10.6 Å². The van der Waals surface area contributed by atoms with Gasteiger partial charge in [0, 0.05) is 12.6 Å². The quantitative estimate of drug-likeness (QED) is 0.761. The van der Waals surface area contributed by atoms with Crippen LogP contribution >= 0.6 is 0 Å². The molecule has 1 amide bonds. The maximum Gasteiger partial charge on any atom is 0.471 e. The van der Waals surface area contributed by atoms with Crippen LogP contribution in [0.3, 0.4) is 0 Å². The van der Waals surface area contributed by atoms with Gasteiger partial charge in [-0.25, -0.2) is 0 Å². The van der Waals surface area contributed by atoms with Gasteiger partial charge in [-0.05, 0) is 13.0 Å². The van der Waals surface area contributed by atoms with Gasteiger partial charge >= 0.3 is 12.1 Å². The lowest BCUT2D eigenvalue weighted by Crippen LogP contribution is -2.43. The van der Waals surface area contributed by atoms with E-state index in [4.69, 9.17) is 0 Å². The molecule has 1 fully saturated rings. The Balaban J connectivity index is 0.000000399. The highest BCUT2D eigenvalue weighted by atomic mass is 19.4. The fourth-order valence-corrected chi connectivity index (χ4v) is 1.72. The Labute approximate surface area is 113 Å². The number of hydrogen-bond donors (Lipinski definition) is 2. The monoisotopic (exact) mass is 282 g/mol. The second kappa shape index (κ2) is 10.1. The van der Waals surface area contributed by atoms with Crippen LogP contribution in [0, 0.1) is 0 Å². The molecule has 1 unspecified atom stereocenters. The maximum atomic E-state index is 11.7. The molecular weight excluding hydrogens is 257 g/mol. The van der Waals surface area contributed by atoms with Crippen LogP contribution in [0.25, 0.3) is 0 Å². The van der Waals surface area contributed by atoms with E-state index < -0.39 is 12.1 Å². The molecule has 2 N–H and O–H groups in total. The van der Waals surface area contributed by atoms with E-state index >= 15 is 0 Å². The number of carbonyl (C=O) groups is 1. The first-order chi connectivity index (χ1) is 8.91. The van der Waals surface area contributed by atoms with E-state index in [2.05, 4.69) is 19.2 Å². The predicted octanol–water partition coefficient (Wildman–Crippen LogP) is 3.00. The normalized spacial score (nSPS) is 18.7. The van der Waals surface area contributed by atoms with Crippen molar-refractivity contribution in [2.24, 2.45) is 0 Å². The zero-order valence-electron chi connectivity index (χ0n) is 11.8. The first-order valence-electron chi connectivity index (χ1n) is 7.00. The predicted molar refractivity (Wildman–Crippen MR) is 69.9 cm³/mol. The lowest BCUT2D eigenvalue weighted by Gasteiger charge is -2.12. The molecule has 0 aromatic carbocycles. The molecule has 3 nitrogen and oxygen atoms in total. The van der Waals surface area contributed by atoms with Gasteiger partial charge in [0.25, 0.3) is 0 Å². The topological polar surface area (TPSA) is 41.1 Å². The maximum absolute atomic E-state index is 11.7. The van der Waals surface area contributed by atoms with Gasteiger partial charge in [-0.2, -0.15) is 13.2 Å². The number of amides is 1. The van der Waals surface area contributed by atoms with Crippen LogP contribution in [0.2, 0.25) is 0 Å². The van der Waals surface area contributed by atoms with Crippen LogP contribution in [-0.4, -0.2) is 31.2 Å². The van der Waals surface area contributed by atoms with Crippen molar-refractivity contribution in [1.82, 2.24) is 10.6 Å². The summed E-state index contributed by atoms with van der Waals surface area (Å²) in [5.74, 6) is -1.85. The summed E-state index contributed by atoms with van der Waals surface area (Å²) in [7, 11) is 0. The molecule has 1 rings (SSSR count). The summed E-state index contributed by atoms with van der Waals surface area (Å²) in [6.45, 7) is 5.57. The zero-order valence-corrected chi connectivity index (χ0v) is 11.8. The first-order valence-corrected chi connectivity index (χ1v) is 7.00.